The molecule has 6 N–H and O–H groups in total. The number of nitrogens with two attached hydrogens (primary N) is 2. The molecule has 0 saturated carbocycles. The molecule has 0 amide bonds. The second-order valence-corrected chi connectivity index (χ2v) is 7.86. The molecule has 0 unspecified atom stereocenters. The van der Waals surface area contributed by atoms with E-state index in [4.69, 9.17) is 11.5 Å². The number of carboxylic acids is 2. The summed E-state index contributed by atoms with van der Waals surface area (Å²) in [4.78, 5) is 76.0. The molecule has 0 fully saturated rings. The molecule has 5 rings (SSSR count). The van der Waals surface area contributed by atoms with Gasteiger partial charge in [0.05, 0.1) is 49.7 Å². The molecule has 1 heterocycles. The van der Waals surface area contributed by atoms with Gasteiger partial charge < -0.3 is 21.7 Å². The lowest BCUT2D eigenvalue weighted by Gasteiger charge is -2.07. The number of hydrogen-bond donors (Lipinski definition) is 4. The minimum Gasteiger partial charge on any atom is -0.478 e. The summed E-state index contributed by atoms with van der Waals surface area (Å²) in [5, 5.41) is 17.3. The lowest BCUT2D eigenvalue weighted by Crippen LogP contribution is -2.24. The van der Waals surface area contributed by atoms with Gasteiger partial charge in [0.25, 0.3) is 11.1 Å². The number of aromatic carboxylic acids is 2. The van der Waals surface area contributed by atoms with E-state index < -0.39 is 67.2 Å². The van der Waals surface area contributed by atoms with Gasteiger partial charge in [-0.25, -0.2) is 14.2 Å². The molecule has 4 aromatic carbocycles. The monoisotopic (exact) mass is 471 g/mol. The smallest absolute Gasteiger partial charge is 0.335 e. The molecule has 0 aliphatic carbocycles. The Morgan fingerprint density at radius 1 is 0.657 bits per heavy atom. The van der Waals surface area contributed by atoms with E-state index in [1.807, 2.05) is 0 Å². The van der Waals surface area contributed by atoms with E-state index in [-0.39, 0.29) is 27.2 Å². The Morgan fingerprint density at radius 2 is 1.06 bits per heavy atom. The summed E-state index contributed by atoms with van der Waals surface area (Å²) in [5.41, 5.74) is 6.76. The molecule has 0 spiro atoms. The maximum Gasteiger partial charge on any atom is 0.335 e. The fourth-order valence-electron chi connectivity index (χ4n) is 4.39. The number of carboxylic acid groups (broad SMARTS) is 2. The molecular formula is C24H13N3O8. The van der Waals surface area contributed by atoms with Gasteiger partial charge in [-0.1, -0.05) is 24.3 Å². The van der Waals surface area contributed by atoms with Crippen LogP contribution in [0.5, 0.6) is 0 Å². The standard InChI is InChI=1S/C24H13N3O8/c25-17-13-14(20(29)12-4-2-1-3-11(12)19(13)28)18(26)16-15(17)21(30)27(22(16)31)10-6-8(23(32)33)5-9(7-10)24(34)35/h1-7H,25-26H2,(H,32,33)(H,34,35). The van der Waals surface area contributed by atoms with Crippen LogP contribution in [0, 0.1) is 0 Å². The predicted molar refractivity (Wildman–Crippen MR) is 128 cm³/mol. The Bertz CT molecular complexity index is 1880. The van der Waals surface area contributed by atoms with Crippen LogP contribution in [-0.2, 0) is 0 Å². The van der Waals surface area contributed by atoms with Gasteiger partial charge in [-0.3, -0.25) is 19.2 Å². The Hall–Kier alpha value is -5.32. The Kier molecular flexibility index (Phi) is 4.36. The van der Waals surface area contributed by atoms with Crippen molar-refractivity contribution < 1.29 is 19.8 Å². The molecular weight excluding hydrogens is 458 g/mol. The highest BCUT2D eigenvalue weighted by Crippen LogP contribution is 2.32. The zero-order valence-electron chi connectivity index (χ0n) is 17.5. The van der Waals surface area contributed by atoms with Gasteiger partial charge in [-0.15, -0.1) is 0 Å². The van der Waals surface area contributed by atoms with Gasteiger partial charge in [-0.2, -0.15) is 0 Å². The van der Waals surface area contributed by atoms with E-state index in [1.165, 1.54) is 12.1 Å². The summed E-state index contributed by atoms with van der Waals surface area (Å²) in [6.07, 6.45) is 0. The first-order chi connectivity index (χ1) is 16.5. The zero-order chi connectivity index (χ0) is 25.3. The molecule has 0 aliphatic rings. The van der Waals surface area contributed by atoms with Gasteiger partial charge in [-0.05, 0) is 18.2 Å². The summed E-state index contributed by atoms with van der Waals surface area (Å²) >= 11 is 0. The van der Waals surface area contributed by atoms with Crippen molar-refractivity contribution in [3.63, 3.8) is 0 Å². The van der Waals surface area contributed by atoms with E-state index in [0.29, 0.717) is 4.57 Å². The van der Waals surface area contributed by atoms with Crippen LogP contribution in [0.4, 0.5) is 11.4 Å². The second kappa shape index (κ2) is 7.09. The zero-order valence-corrected chi connectivity index (χ0v) is 17.5. The maximum absolute atomic E-state index is 13.3. The molecule has 0 radical (unpaired) electrons. The van der Waals surface area contributed by atoms with Crippen molar-refractivity contribution in [1.29, 1.82) is 0 Å². The van der Waals surface area contributed by atoms with Crippen molar-refractivity contribution in [1.82, 2.24) is 4.57 Å². The molecule has 1 aromatic heterocycles. The molecule has 11 nitrogen and oxygen atoms in total. The Labute approximate surface area is 192 Å². The third-order valence-electron chi connectivity index (χ3n) is 5.95. The molecule has 5 aromatic rings. The number of nitrogens with zero attached hydrogens (tertiary/aromatic N) is 1. The lowest BCUT2D eigenvalue weighted by atomic mass is 9.97. The van der Waals surface area contributed by atoms with Crippen molar-refractivity contribution in [3.8, 4) is 5.69 Å². The van der Waals surface area contributed by atoms with E-state index in [0.717, 1.165) is 18.2 Å². The largest absolute Gasteiger partial charge is 0.478 e. The topological polar surface area (TPSA) is 200 Å². The van der Waals surface area contributed by atoms with Crippen molar-refractivity contribution in [2.24, 2.45) is 0 Å². The van der Waals surface area contributed by atoms with Crippen LogP contribution in [0.2, 0.25) is 0 Å². The summed E-state index contributed by atoms with van der Waals surface area (Å²) < 4.78 is 0.518. The van der Waals surface area contributed by atoms with Crippen molar-refractivity contribution in [3.05, 3.63) is 94.7 Å². The molecule has 0 bridgehead atoms. The molecule has 0 saturated heterocycles. The van der Waals surface area contributed by atoms with Crippen LogP contribution in [0.1, 0.15) is 20.7 Å². The minimum absolute atomic E-state index is 0.0601. The molecule has 172 valence electrons. The van der Waals surface area contributed by atoms with Crippen LogP contribution in [0.25, 0.3) is 38.0 Å². The maximum atomic E-state index is 13.3. The molecule has 35 heavy (non-hydrogen) atoms. The van der Waals surface area contributed by atoms with Gasteiger partial charge >= 0.3 is 11.9 Å². The van der Waals surface area contributed by atoms with E-state index in [1.54, 1.807) is 12.1 Å². The van der Waals surface area contributed by atoms with Gasteiger partial charge in [0, 0.05) is 10.8 Å². The number of benzene rings is 4. The quantitative estimate of drug-likeness (QED) is 0.166. The highest BCUT2D eigenvalue weighted by Gasteiger charge is 2.26. The number of hydrogen-bond acceptors (Lipinski definition) is 8. The first kappa shape index (κ1) is 21.5. The van der Waals surface area contributed by atoms with E-state index in [9.17, 15) is 39.0 Å². The fraction of sp³-hybridized carbons (Fsp3) is 0. The first-order valence-corrected chi connectivity index (χ1v) is 9.98. The van der Waals surface area contributed by atoms with Gasteiger partial charge in [0.1, 0.15) is 0 Å². The average molecular weight is 471 g/mol. The highest BCUT2D eigenvalue weighted by atomic mass is 16.4. The van der Waals surface area contributed by atoms with Crippen LogP contribution >= 0.6 is 0 Å². The number of rotatable bonds is 3. The average Bonchev–Trinajstić information content (AvgIpc) is 3.09. The van der Waals surface area contributed by atoms with Gasteiger partial charge in [0.2, 0.25) is 0 Å². The SMILES string of the molecule is Nc1c2c(=O)c3ccccc3c(=O)c2c(N)c2c(=O)n(-c3cc(C(=O)O)cc(C(=O)O)c3)c(=O)c12. The molecule has 0 aliphatic heterocycles. The summed E-state index contributed by atoms with van der Waals surface area (Å²) in [7, 11) is 0. The van der Waals surface area contributed by atoms with Crippen LogP contribution in [0.3, 0.4) is 0 Å². The summed E-state index contributed by atoms with van der Waals surface area (Å²) in [5.74, 6) is -2.98. The Morgan fingerprint density at radius 3 is 1.43 bits per heavy atom. The third-order valence-corrected chi connectivity index (χ3v) is 5.95. The number of fused-ring (bicyclic) bond motifs is 3. The number of aromatic nitrogens is 1. The Balaban J connectivity index is 2.03. The number of carbonyl (C=O) groups is 2. The van der Waals surface area contributed by atoms with E-state index >= 15 is 0 Å². The lowest BCUT2D eigenvalue weighted by molar-refractivity contribution is 0.0696. The predicted octanol–water partition coefficient (Wildman–Crippen LogP) is 0.814. The first-order valence-electron chi connectivity index (χ1n) is 9.98. The third kappa shape index (κ3) is 2.78. The molecule has 11 heteroatoms. The van der Waals surface area contributed by atoms with Crippen LogP contribution < -0.4 is 33.4 Å². The van der Waals surface area contributed by atoms with Crippen molar-refractivity contribution >= 4 is 55.6 Å². The van der Waals surface area contributed by atoms with Crippen LogP contribution in [-0.4, -0.2) is 26.7 Å². The second-order valence-electron chi connectivity index (χ2n) is 7.86. The molecule has 0 atom stereocenters. The minimum atomic E-state index is -1.49. The van der Waals surface area contributed by atoms with Gasteiger partial charge in [0.15, 0.2) is 10.9 Å². The highest BCUT2D eigenvalue weighted by molar-refractivity contribution is 6.20. The number of nitrogen functional groups attached to an aromatic ring is 2. The summed E-state index contributed by atoms with van der Waals surface area (Å²) in [6, 6.07) is 8.69. The number of anilines is 2. The van der Waals surface area contributed by atoms with Crippen molar-refractivity contribution in [2.45, 2.75) is 0 Å². The fourth-order valence-corrected chi connectivity index (χ4v) is 4.39. The normalized spacial score (nSPS) is 11.4. The van der Waals surface area contributed by atoms with E-state index in [2.05, 4.69) is 0 Å². The summed E-state index contributed by atoms with van der Waals surface area (Å²) in [6.45, 7) is 0. The van der Waals surface area contributed by atoms with Crippen LogP contribution in [0.15, 0.2) is 61.6 Å². The van der Waals surface area contributed by atoms with Crippen molar-refractivity contribution in [2.75, 3.05) is 11.5 Å².